The van der Waals surface area contributed by atoms with Gasteiger partial charge in [0, 0.05) is 6.54 Å². The molecule has 1 aliphatic rings. The van der Waals surface area contributed by atoms with E-state index in [1.165, 1.54) is 0 Å². The molecular formula is C16H24N2O3. The molecule has 1 amide bonds. The Bertz CT molecular complexity index is 498. The van der Waals surface area contributed by atoms with Gasteiger partial charge in [-0.25, -0.2) is 0 Å². The van der Waals surface area contributed by atoms with E-state index in [9.17, 15) is 4.79 Å². The maximum Gasteiger partial charge on any atom is 0.240 e. The molecule has 21 heavy (non-hydrogen) atoms. The molecule has 0 fully saturated rings. The van der Waals surface area contributed by atoms with Crippen molar-refractivity contribution in [1.82, 2.24) is 5.32 Å². The molecule has 0 aliphatic carbocycles. The standard InChI is InChI=1S/C16H24N2O3/c1-3-16(17,4-2)15(19)18-8-7-12-5-6-13-14(11-12)21-10-9-20-13/h5-6,11H,3-4,7-10,17H2,1-2H3,(H,18,19). The first-order valence-corrected chi connectivity index (χ1v) is 7.54. The Balaban J connectivity index is 1.88. The highest BCUT2D eigenvalue weighted by molar-refractivity contribution is 5.85. The van der Waals surface area contributed by atoms with Crippen molar-refractivity contribution in [3.8, 4) is 11.5 Å². The van der Waals surface area contributed by atoms with Crippen molar-refractivity contribution >= 4 is 5.91 Å². The minimum absolute atomic E-state index is 0.0787. The van der Waals surface area contributed by atoms with Crippen LogP contribution in [-0.4, -0.2) is 31.2 Å². The number of carbonyl (C=O) groups is 1. The fourth-order valence-electron chi connectivity index (χ4n) is 2.31. The largest absolute Gasteiger partial charge is 0.486 e. The molecule has 1 aromatic carbocycles. The molecule has 0 atom stereocenters. The summed E-state index contributed by atoms with van der Waals surface area (Å²) in [4.78, 5) is 12.1. The highest BCUT2D eigenvalue weighted by Gasteiger charge is 2.29. The van der Waals surface area contributed by atoms with Gasteiger partial charge in [0.15, 0.2) is 11.5 Å². The number of hydrogen-bond donors (Lipinski definition) is 2. The number of nitrogens with two attached hydrogens (primary N) is 1. The summed E-state index contributed by atoms with van der Waals surface area (Å²) >= 11 is 0. The van der Waals surface area contributed by atoms with Crippen molar-refractivity contribution in [1.29, 1.82) is 0 Å². The van der Waals surface area contributed by atoms with Gasteiger partial charge in [-0.2, -0.15) is 0 Å². The molecule has 0 aromatic heterocycles. The number of amides is 1. The second kappa shape index (κ2) is 6.80. The number of hydrogen-bond acceptors (Lipinski definition) is 4. The zero-order valence-corrected chi connectivity index (χ0v) is 12.8. The van der Waals surface area contributed by atoms with Crippen LogP contribution in [0.2, 0.25) is 0 Å². The summed E-state index contributed by atoms with van der Waals surface area (Å²) in [5.74, 6) is 1.48. The Morgan fingerprint density at radius 1 is 1.24 bits per heavy atom. The third-order valence-electron chi connectivity index (χ3n) is 4.02. The van der Waals surface area contributed by atoms with E-state index in [4.69, 9.17) is 15.2 Å². The van der Waals surface area contributed by atoms with Crippen LogP contribution >= 0.6 is 0 Å². The van der Waals surface area contributed by atoms with Crippen molar-refractivity contribution < 1.29 is 14.3 Å². The average Bonchev–Trinajstić information content (AvgIpc) is 2.53. The third-order valence-corrected chi connectivity index (χ3v) is 4.02. The zero-order chi connectivity index (χ0) is 15.3. The van der Waals surface area contributed by atoms with Crippen molar-refractivity contribution in [2.75, 3.05) is 19.8 Å². The molecule has 0 bridgehead atoms. The third kappa shape index (κ3) is 3.67. The quantitative estimate of drug-likeness (QED) is 0.836. The van der Waals surface area contributed by atoms with Crippen LogP contribution in [0.15, 0.2) is 18.2 Å². The first kappa shape index (κ1) is 15.6. The lowest BCUT2D eigenvalue weighted by Crippen LogP contribution is -2.53. The first-order valence-electron chi connectivity index (χ1n) is 7.54. The molecule has 0 spiro atoms. The lowest BCUT2D eigenvalue weighted by molar-refractivity contribution is -0.126. The number of nitrogens with one attached hydrogen (secondary N) is 1. The Morgan fingerprint density at radius 3 is 2.57 bits per heavy atom. The van der Waals surface area contributed by atoms with Gasteiger partial charge in [-0.1, -0.05) is 19.9 Å². The summed E-state index contributed by atoms with van der Waals surface area (Å²) in [5, 5.41) is 2.92. The second-order valence-electron chi connectivity index (χ2n) is 5.35. The monoisotopic (exact) mass is 292 g/mol. The summed E-state index contributed by atoms with van der Waals surface area (Å²) in [6.45, 7) is 5.61. The average molecular weight is 292 g/mol. The molecule has 2 rings (SSSR count). The predicted octanol–water partition coefficient (Wildman–Crippen LogP) is 1.63. The normalized spacial score (nSPS) is 13.9. The van der Waals surface area contributed by atoms with E-state index in [-0.39, 0.29) is 5.91 Å². The number of fused-ring (bicyclic) bond motifs is 1. The highest BCUT2D eigenvalue weighted by atomic mass is 16.6. The second-order valence-corrected chi connectivity index (χ2v) is 5.35. The van der Waals surface area contributed by atoms with Gasteiger partial charge < -0.3 is 20.5 Å². The van der Waals surface area contributed by atoms with E-state index in [0.29, 0.717) is 32.6 Å². The van der Waals surface area contributed by atoms with Gasteiger partial charge in [0.1, 0.15) is 13.2 Å². The molecule has 5 heteroatoms. The predicted molar refractivity (Wildman–Crippen MR) is 81.6 cm³/mol. The Labute approximate surface area is 125 Å². The van der Waals surface area contributed by atoms with Crippen LogP contribution in [0.1, 0.15) is 32.3 Å². The summed E-state index contributed by atoms with van der Waals surface area (Å²) in [6, 6.07) is 5.88. The van der Waals surface area contributed by atoms with Crippen molar-refractivity contribution in [3.05, 3.63) is 23.8 Å². The summed E-state index contributed by atoms with van der Waals surface area (Å²) in [5.41, 5.74) is 6.41. The molecule has 3 N–H and O–H groups in total. The van der Waals surface area contributed by atoms with E-state index in [1.807, 2.05) is 32.0 Å². The van der Waals surface area contributed by atoms with Crippen molar-refractivity contribution in [3.63, 3.8) is 0 Å². The van der Waals surface area contributed by atoms with Crippen LogP contribution in [0.3, 0.4) is 0 Å². The lowest BCUT2D eigenvalue weighted by Gasteiger charge is -2.25. The van der Waals surface area contributed by atoms with E-state index < -0.39 is 5.54 Å². The van der Waals surface area contributed by atoms with Crippen molar-refractivity contribution in [2.24, 2.45) is 5.73 Å². The smallest absolute Gasteiger partial charge is 0.240 e. The molecule has 0 radical (unpaired) electrons. The Hall–Kier alpha value is -1.75. The highest BCUT2D eigenvalue weighted by Crippen LogP contribution is 2.30. The van der Waals surface area contributed by atoms with Gasteiger partial charge in [0.2, 0.25) is 5.91 Å². The zero-order valence-electron chi connectivity index (χ0n) is 12.8. The molecule has 116 valence electrons. The van der Waals surface area contributed by atoms with Crippen LogP contribution in [0.4, 0.5) is 0 Å². The summed E-state index contributed by atoms with van der Waals surface area (Å²) in [7, 11) is 0. The van der Waals surface area contributed by atoms with Crippen LogP contribution in [0.5, 0.6) is 11.5 Å². The van der Waals surface area contributed by atoms with E-state index in [0.717, 1.165) is 23.5 Å². The number of benzene rings is 1. The fraction of sp³-hybridized carbons (Fsp3) is 0.562. The van der Waals surface area contributed by atoms with Crippen LogP contribution in [0, 0.1) is 0 Å². The van der Waals surface area contributed by atoms with Gasteiger partial charge in [-0.05, 0) is 37.0 Å². The van der Waals surface area contributed by atoms with E-state index >= 15 is 0 Å². The molecule has 1 aliphatic heterocycles. The Morgan fingerprint density at radius 2 is 1.90 bits per heavy atom. The molecule has 5 nitrogen and oxygen atoms in total. The number of ether oxygens (including phenoxy) is 2. The van der Waals surface area contributed by atoms with Gasteiger partial charge in [0.25, 0.3) is 0 Å². The lowest BCUT2D eigenvalue weighted by atomic mass is 9.93. The first-order chi connectivity index (χ1) is 10.1. The van der Waals surface area contributed by atoms with Crippen LogP contribution in [-0.2, 0) is 11.2 Å². The molecule has 0 saturated carbocycles. The maximum atomic E-state index is 12.1. The summed E-state index contributed by atoms with van der Waals surface area (Å²) in [6.07, 6.45) is 2.02. The van der Waals surface area contributed by atoms with Gasteiger partial charge in [-0.3, -0.25) is 4.79 Å². The molecule has 0 unspecified atom stereocenters. The molecule has 1 aromatic rings. The Kier molecular flexibility index (Phi) is 5.07. The molecule has 1 heterocycles. The minimum atomic E-state index is -0.757. The molecule has 0 saturated heterocycles. The summed E-state index contributed by atoms with van der Waals surface area (Å²) < 4.78 is 11.0. The van der Waals surface area contributed by atoms with Gasteiger partial charge >= 0.3 is 0 Å². The maximum absolute atomic E-state index is 12.1. The SMILES string of the molecule is CCC(N)(CC)C(=O)NCCc1ccc2c(c1)OCCO2. The van der Waals surface area contributed by atoms with Crippen LogP contribution < -0.4 is 20.5 Å². The van der Waals surface area contributed by atoms with E-state index in [2.05, 4.69) is 5.32 Å². The van der Waals surface area contributed by atoms with E-state index in [1.54, 1.807) is 0 Å². The topological polar surface area (TPSA) is 73.6 Å². The van der Waals surface area contributed by atoms with Gasteiger partial charge in [0.05, 0.1) is 5.54 Å². The molecular weight excluding hydrogens is 268 g/mol. The number of carbonyl (C=O) groups excluding carboxylic acids is 1. The van der Waals surface area contributed by atoms with Crippen LogP contribution in [0.25, 0.3) is 0 Å². The number of rotatable bonds is 6. The minimum Gasteiger partial charge on any atom is -0.486 e. The van der Waals surface area contributed by atoms with Gasteiger partial charge in [-0.15, -0.1) is 0 Å². The fourth-order valence-corrected chi connectivity index (χ4v) is 2.31. The van der Waals surface area contributed by atoms with Crippen molar-refractivity contribution in [2.45, 2.75) is 38.6 Å².